The lowest BCUT2D eigenvalue weighted by Gasteiger charge is -2.29. The van der Waals surface area contributed by atoms with Gasteiger partial charge in [0, 0.05) is 10.7 Å². The highest BCUT2D eigenvalue weighted by molar-refractivity contribution is 7.92. The molecule has 0 aliphatic carbocycles. The minimum Gasteiger partial charge on any atom is -0.495 e. The number of nitrogens with zero attached hydrogens (tertiary/aromatic N) is 1. The molecule has 164 valence electrons. The first-order valence-corrected chi connectivity index (χ1v) is 10.5. The van der Waals surface area contributed by atoms with Crippen LogP contribution in [0.3, 0.4) is 0 Å². The average Bonchev–Trinajstić information content (AvgIpc) is 2.61. The molecule has 7 nitrogen and oxygen atoms in total. The Morgan fingerprint density at radius 3 is 2.27 bits per heavy atom. The van der Waals surface area contributed by atoms with Crippen LogP contribution in [0.1, 0.15) is 6.92 Å². The van der Waals surface area contributed by atoms with Crippen molar-refractivity contribution in [2.75, 3.05) is 23.0 Å². The fourth-order valence-corrected chi connectivity index (χ4v) is 3.94. The van der Waals surface area contributed by atoms with Gasteiger partial charge in [-0.1, -0.05) is 11.6 Å². The number of methoxy groups -OCH3 is 1. The van der Waals surface area contributed by atoms with E-state index in [1.165, 1.54) is 44.4 Å². The average molecular weight is 467 g/mol. The number of benzene rings is 2. The third-order valence-electron chi connectivity index (χ3n) is 3.82. The van der Waals surface area contributed by atoms with Crippen molar-refractivity contribution in [3.05, 3.63) is 47.5 Å². The van der Waals surface area contributed by atoms with Crippen molar-refractivity contribution in [3.8, 4) is 11.5 Å². The first-order chi connectivity index (χ1) is 13.8. The lowest BCUT2D eigenvalue weighted by atomic mass is 10.2. The molecular weight excluding hydrogens is 449 g/mol. The predicted octanol–water partition coefficient (Wildman–Crippen LogP) is 4.04. The van der Waals surface area contributed by atoms with E-state index in [9.17, 15) is 26.4 Å². The number of hydrogen-bond donors (Lipinski definition) is 1. The molecule has 0 saturated carbocycles. The normalized spacial score (nSPS) is 12.8. The highest BCUT2D eigenvalue weighted by atomic mass is 35.5. The van der Waals surface area contributed by atoms with Gasteiger partial charge in [-0.15, -0.1) is 13.2 Å². The Labute approximate surface area is 176 Å². The van der Waals surface area contributed by atoms with Crippen molar-refractivity contribution in [1.29, 1.82) is 0 Å². The maximum Gasteiger partial charge on any atom is 0.573 e. The molecule has 1 amide bonds. The second kappa shape index (κ2) is 9.00. The Kier molecular flexibility index (Phi) is 7.09. The molecular formula is C18H18ClF3N2O5S. The summed E-state index contributed by atoms with van der Waals surface area (Å²) in [5.41, 5.74) is 0.206. The summed E-state index contributed by atoms with van der Waals surface area (Å²) in [7, 11) is -2.61. The van der Waals surface area contributed by atoms with E-state index < -0.39 is 34.1 Å². The molecule has 0 aliphatic heterocycles. The van der Waals surface area contributed by atoms with Crippen LogP contribution in [0.4, 0.5) is 24.5 Å². The van der Waals surface area contributed by atoms with Gasteiger partial charge < -0.3 is 14.8 Å². The van der Waals surface area contributed by atoms with Crippen LogP contribution in [0.25, 0.3) is 0 Å². The molecule has 0 radical (unpaired) electrons. The quantitative estimate of drug-likeness (QED) is 0.665. The van der Waals surface area contributed by atoms with Gasteiger partial charge in [0.15, 0.2) is 0 Å². The highest BCUT2D eigenvalue weighted by Crippen LogP contribution is 2.34. The minimum absolute atomic E-state index is 0.0593. The monoisotopic (exact) mass is 466 g/mol. The molecule has 1 atom stereocenters. The van der Waals surface area contributed by atoms with Gasteiger partial charge in [0.1, 0.15) is 17.5 Å². The fourth-order valence-electron chi connectivity index (χ4n) is 2.60. The molecule has 0 aliphatic rings. The number of carbonyl (C=O) groups is 1. The second-order valence-electron chi connectivity index (χ2n) is 6.11. The second-order valence-corrected chi connectivity index (χ2v) is 8.41. The molecule has 1 unspecified atom stereocenters. The number of amides is 1. The smallest absolute Gasteiger partial charge is 0.495 e. The van der Waals surface area contributed by atoms with Gasteiger partial charge in [0.25, 0.3) is 0 Å². The van der Waals surface area contributed by atoms with E-state index in [0.717, 1.165) is 22.7 Å². The number of anilines is 2. The lowest BCUT2D eigenvalue weighted by molar-refractivity contribution is -0.274. The van der Waals surface area contributed by atoms with E-state index in [1.807, 2.05) is 0 Å². The number of sulfonamides is 1. The van der Waals surface area contributed by atoms with Crippen LogP contribution in [0, 0.1) is 0 Å². The topological polar surface area (TPSA) is 84.9 Å². The van der Waals surface area contributed by atoms with Crippen LogP contribution in [-0.2, 0) is 14.8 Å². The van der Waals surface area contributed by atoms with Crippen molar-refractivity contribution in [2.45, 2.75) is 19.3 Å². The number of alkyl halides is 3. The summed E-state index contributed by atoms with van der Waals surface area (Å²) in [4.78, 5) is 12.7. The summed E-state index contributed by atoms with van der Waals surface area (Å²) < 4.78 is 71.3. The predicted molar refractivity (Wildman–Crippen MR) is 107 cm³/mol. The molecule has 2 aromatic rings. The van der Waals surface area contributed by atoms with E-state index >= 15 is 0 Å². The number of hydrogen-bond acceptors (Lipinski definition) is 5. The minimum atomic E-state index is -4.84. The zero-order chi connectivity index (χ0) is 22.7. The molecule has 2 rings (SSSR count). The van der Waals surface area contributed by atoms with Gasteiger partial charge in [-0.25, -0.2) is 8.42 Å². The first kappa shape index (κ1) is 23.6. The summed E-state index contributed by atoms with van der Waals surface area (Å²) in [6.07, 6.45) is -3.92. The van der Waals surface area contributed by atoms with Gasteiger partial charge >= 0.3 is 6.36 Å². The maximum absolute atomic E-state index is 12.7. The molecule has 0 bridgehead atoms. The molecule has 30 heavy (non-hydrogen) atoms. The summed E-state index contributed by atoms with van der Waals surface area (Å²) in [5.74, 6) is -1.01. The van der Waals surface area contributed by atoms with Crippen molar-refractivity contribution >= 4 is 38.9 Å². The Morgan fingerprint density at radius 1 is 1.17 bits per heavy atom. The molecule has 0 fully saturated rings. The molecule has 0 heterocycles. The summed E-state index contributed by atoms with van der Waals surface area (Å²) in [6.45, 7) is 1.35. The number of halogens is 4. The van der Waals surface area contributed by atoms with Crippen LogP contribution in [-0.4, -0.2) is 40.1 Å². The molecule has 2 aromatic carbocycles. The number of ether oxygens (including phenoxy) is 2. The zero-order valence-corrected chi connectivity index (χ0v) is 17.6. The van der Waals surface area contributed by atoms with Crippen LogP contribution >= 0.6 is 11.6 Å². The van der Waals surface area contributed by atoms with E-state index in [1.54, 1.807) is 0 Å². The van der Waals surface area contributed by atoms with Crippen LogP contribution in [0.5, 0.6) is 11.5 Å². The third-order valence-corrected chi connectivity index (χ3v) is 5.28. The highest BCUT2D eigenvalue weighted by Gasteiger charge is 2.32. The SMILES string of the molecule is COc1ccc(Cl)cc1N(C(C)C(=O)Nc1ccc(OC(F)(F)F)cc1)S(C)(=O)=O. The summed E-state index contributed by atoms with van der Waals surface area (Å²) in [5, 5.41) is 2.68. The van der Waals surface area contributed by atoms with E-state index in [2.05, 4.69) is 10.1 Å². The van der Waals surface area contributed by atoms with E-state index in [-0.39, 0.29) is 22.1 Å². The van der Waals surface area contributed by atoms with Crippen LogP contribution in [0.15, 0.2) is 42.5 Å². The van der Waals surface area contributed by atoms with Crippen molar-refractivity contribution in [2.24, 2.45) is 0 Å². The molecule has 12 heteroatoms. The lowest BCUT2D eigenvalue weighted by Crippen LogP contribution is -2.45. The largest absolute Gasteiger partial charge is 0.573 e. The van der Waals surface area contributed by atoms with Gasteiger partial charge in [-0.3, -0.25) is 9.10 Å². The molecule has 0 spiro atoms. The van der Waals surface area contributed by atoms with Crippen molar-refractivity contribution in [3.63, 3.8) is 0 Å². The van der Waals surface area contributed by atoms with E-state index in [4.69, 9.17) is 16.3 Å². The van der Waals surface area contributed by atoms with Gasteiger partial charge in [-0.05, 0) is 49.4 Å². The fraction of sp³-hybridized carbons (Fsp3) is 0.278. The van der Waals surface area contributed by atoms with Gasteiger partial charge in [0.2, 0.25) is 15.9 Å². The van der Waals surface area contributed by atoms with Crippen LogP contribution < -0.4 is 19.1 Å². The number of nitrogens with one attached hydrogen (secondary N) is 1. The van der Waals surface area contributed by atoms with E-state index in [0.29, 0.717) is 0 Å². The summed E-state index contributed by atoms with van der Waals surface area (Å²) >= 11 is 5.97. The zero-order valence-electron chi connectivity index (χ0n) is 16.0. The van der Waals surface area contributed by atoms with Crippen molar-refractivity contribution < 1.29 is 35.9 Å². The maximum atomic E-state index is 12.7. The van der Waals surface area contributed by atoms with Crippen molar-refractivity contribution in [1.82, 2.24) is 0 Å². The Bertz CT molecular complexity index is 1010. The Hall–Kier alpha value is -2.66. The first-order valence-electron chi connectivity index (χ1n) is 8.31. The molecule has 1 N–H and O–H groups in total. The Balaban J connectivity index is 2.28. The summed E-state index contributed by atoms with van der Waals surface area (Å²) in [6, 6.07) is 7.48. The van der Waals surface area contributed by atoms with Gasteiger partial charge in [0.05, 0.1) is 19.1 Å². The third kappa shape index (κ3) is 6.17. The van der Waals surface area contributed by atoms with Gasteiger partial charge in [-0.2, -0.15) is 0 Å². The molecule has 0 saturated heterocycles. The Morgan fingerprint density at radius 2 is 1.77 bits per heavy atom. The number of carbonyl (C=O) groups excluding carboxylic acids is 1. The van der Waals surface area contributed by atoms with Crippen LogP contribution in [0.2, 0.25) is 5.02 Å². The standard InChI is InChI=1S/C18H18ClF3N2O5S/c1-11(17(25)23-13-5-7-14(8-6-13)29-18(20,21)22)24(30(3,26)27)15-10-12(19)4-9-16(15)28-2/h4-11H,1-3H3,(H,23,25). The molecule has 0 aromatic heterocycles. The number of rotatable bonds is 7.